The van der Waals surface area contributed by atoms with E-state index in [2.05, 4.69) is 0 Å². The first-order chi connectivity index (χ1) is 7.78. The Morgan fingerprint density at radius 2 is 2.19 bits per heavy atom. The lowest BCUT2D eigenvalue weighted by molar-refractivity contribution is -0.212. The Balaban J connectivity index is 2.05. The second-order valence-corrected chi connectivity index (χ2v) is 4.44. The third kappa shape index (κ3) is 2.42. The number of methoxy groups -OCH3 is 1. The van der Waals surface area contributed by atoms with Crippen molar-refractivity contribution >= 4 is 6.29 Å². The monoisotopic (exact) mass is 222 g/mol. The fourth-order valence-corrected chi connectivity index (χ4v) is 2.36. The van der Waals surface area contributed by atoms with Gasteiger partial charge in [-0.2, -0.15) is 0 Å². The fraction of sp³-hybridized carbons (Fsp3) is 0.615. The summed E-state index contributed by atoms with van der Waals surface area (Å²) >= 11 is 0. The van der Waals surface area contributed by atoms with Crippen LogP contribution in [0.25, 0.3) is 0 Å². The van der Waals surface area contributed by atoms with Gasteiger partial charge in [-0.25, -0.2) is 0 Å². The Morgan fingerprint density at radius 3 is 2.81 bits per heavy atom. The van der Waals surface area contributed by atoms with Gasteiger partial charge in [0.1, 0.15) is 6.29 Å². The third-order valence-electron chi connectivity index (χ3n) is 3.28. The van der Waals surface area contributed by atoms with E-state index >= 15 is 0 Å². The first kappa shape index (κ1) is 11.6. The highest BCUT2D eigenvalue weighted by Gasteiger charge is 2.34. The summed E-state index contributed by atoms with van der Waals surface area (Å²) in [6, 6.07) is 0. The van der Waals surface area contributed by atoms with Crippen molar-refractivity contribution in [1.29, 1.82) is 0 Å². The molecule has 1 saturated carbocycles. The number of allylic oxidation sites excluding steroid dienone is 2. The van der Waals surface area contributed by atoms with Crippen LogP contribution in [0.15, 0.2) is 23.8 Å². The lowest BCUT2D eigenvalue weighted by atomic mass is 10.00. The fourth-order valence-electron chi connectivity index (χ4n) is 2.36. The van der Waals surface area contributed by atoms with Crippen LogP contribution in [-0.2, 0) is 14.3 Å². The van der Waals surface area contributed by atoms with E-state index in [1.165, 1.54) is 12.8 Å². The number of ether oxygens (including phenoxy) is 2. The van der Waals surface area contributed by atoms with Crippen LogP contribution in [-0.4, -0.2) is 25.3 Å². The average molecular weight is 222 g/mol. The van der Waals surface area contributed by atoms with Gasteiger partial charge < -0.3 is 9.47 Å². The smallest absolute Gasteiger partial charge is 0.192 e. The van der Waals surface area contributed by atoms with Crippen LogP contribution in [0, 0.1) is 0 Å². The maximum atomic E-state index is 10.8. The van der Waals surface area contributed by atoms with E-state index in [1.54, 1.807) is 7.11 Å². The van der Waals surface area contributed by atoms with Gasteiger partial charge in [0.2, 0.25) is 0 Å². The van der Waals surface area contributed by atoms with Gasteiger partial charge in [0, 0.05) is 13.5 Å². The Morgan fingerprint density at radius 1 is 1.44 bits per heavy atom. The Hall–Kier alpha value is -0.930. The molecule has 1 fully saturated rings. The Bertz CT molecular complexity index is 313. The zero-order valence-electron chi connectivity index (χ0n) is 9.65. The highest BCUT2D eigenvalue weighted by molar-refractivity contribution is 5.74. The molecule has 16 heavy (non-hydrogen) atoms. The first-order valence-corrected chi connectivity index (χ1v) is 5.84. The molecule has 0 aliphatic heterocycles. The lowest BCUT2D eigenvalue weighted by Crippen LogP contribution is -2.37. The van der Waals surface area contributed by atoms with Crippen LogP contribution in [0.4, 0.5) is 0 Å². The molecule has 2 aliphatic rings. The number of hydrogen-bond donors (Lipinski definition) is 0. The maximum Gasteiger partial charge on any atom is 0.192 e. The molecule has 3 heteroatoms. The van der Waals surface area contributed by atoms with E-state index in [4.69, 9.17) is 9.47 Å². The minimum Gasteiger partial charge on any atom is -0.349 e. The minimum atomic E-state index is -0.722. The van der Waals surface area contributed by atoms with Crippen molar-refractivity contribution < 1.29 is 14.3 Å². The molecule has 0 saturated heterocycles. The molecule has 88 valence electrons. The van der Waals surface area contributed by atoms with Gasteiger partial charge in [0.25, 0.3) is 0 Å². The van der Waals surface area contributed by atoms with Crippen molar-refractivity contribution in [2.24, 2.45) is 0 Å². The summed E-state index contributed by atoms with van der Waals surface area (Å²) in [6.07, 6.45) is 11.9. The summed E-state index contributed by atoms with van der Waals surface area (Å²) in [5.41, 5.74) is 0.724. The molecule has 0 spiro atoms. The molecule has 1 unspecified atom stereocenters. The molecule has 0 radical (unpaired) electrons. The van der Waals surface area contributed by atoms with Crippen molar-refractivity contribution in [3.63, 3.8) is 0 Å². The molecule has 0 aromatic rings. The molecule has 2 aliphatic carbocycles. The van der Waals surface area contributed by atoms with Crippen LogP contribution >= 0.6 is 0 Å². The van der Waals surface area contributed by atoms with Gasteiger partial charge in [-0.05, 0) is 24.5 Å². The number of aldehydes is 1. The molecule has 0 heterocycles. The van der Waals surface area contributed by atoms with E-state index in [0.29, 0.717) is 6.42 Å². The molecule has 0 aromatic carbocycles. The molecule has 0 bridgehead atoms. The minimum absolute atomic E-state index is 0.274. The van der Waals surface area contributed by atoms with Crippen molar-refractivity contribution in [1.82, 2.24) is 0 Å². The van der Waals surface area contributed by atoms with Crippen molar-refractivity contribution in [3.05, 3.63) is 23.8 Å². The average Bonchev–Trinajstić information content (AvgIpc) is 2.82. The van der Waals surface area contributed by atoms with Crippen molar-refractivity contribution in [3.8, 4) is 0 Å². The normalized spacial score (nSPS) is 30.4. The van der Waals surface area contributed by atoms with E-state index in [9.17, 15) is 4.79 Å². The van der Waals surface area contributed by atoms with Crippen LogP contribution < -0.4 is 0 Å². The maximum absolute atomic E-state index is 10.8. The highest BCUT2D eigenvalue weighted by Crippen LogP contribution is 2.32. The molecule has 0 N–H and O–H groups in total. The van der Waals surface area contributed by atoms with E-state index in [1.807, 2.05) is 18.2 Å². The van der Waals surface area contributed by atoms with Gasteiger partial charge in [0.05, 0.1) is 6.10 Å². The molecule has 0 aromatic heterocycles. The van der Waals surface area contributed by atoms with Crippen molar-refractivity contribution in [2.45, 2.75) is 44.0 Å². The molecular formula is C13H18O3. The summed E-state index contributed by atoms with van der Waals surface area (Å²) < 4.78 is 11.5. The van der Waals surface area contributed by atoms with Gasteiger partial charge in [-0.15, -0.1) is 0 Å². The second-order valence-electron chi connectivity index (χ2n) is 4.44. The van der Waals surface area contributed by atoms with Gasteiger partial charge >= 0.3 is 0 Å². The van der Waals surface area contributed by atoms with Crippen LogP contribution in [0.5, 0.6) is 0 Å². The second kappa shape index (κ2) is 4.93. The van der Waals surface area contributed by atoms with E-state index < -0.39 is 5.79 Å². The Labute approximate surface area is 96.1 Å². The third-order valence-corrected chi connectivity index (χ3v) is 3.28. The molecular weight excluding hydrogens is 204 g/mol. The van der Waals surface area contributed by atoms with Crippen LogP contribution in [0.2, 0.25) is 0 Å². The van der Waals surface area contributed by atoms with Gasteiger partial charge in [-0.3, -0.25) is 4.79 Å². The highest BCUT2D eigenvalue weighted by atomic mass is 16.7. The number of carbonyl (C=O) groups excluding carboxylic acids is 1. The summed E-state index contributed by atoms with van der Waals surface area (Å²) in [5, 5.41) is 0. The quantitative estimate of drug-likeness (QED) is 0.541. The lowest BCUT2D eigenvalue weighted by Gasteiger charge is -2.33. The van der Waals surface area contributed by atoms with Crippen molar-refractivity contribution in [2.75, 3.05) is 7.11 Å². The summed E-state index contributed by atoms with van der Waals surface area (Å²) in [5.74, 6) is -0.722. The standard InChI is InChI=1S/C13H18O3/c1-15-13(16-12-6-2-3-7-12)8-4-5-11(9-13)10-14/h4-5,8,10,12H,2-3,6-7,9H2,1H3. The van der Waals surface area contributed by atoms with Gasteiger partial charge in [-0.1, -0.05) is 25.0 Å². The molecule has 3 nitrogen and oxygen atoms in total. The topological polar surface area (TPSA) is 35.5 Å². The Kier molecular flexibility index (Phi) is 3.56. The first-order valence-electron chi connectivity index (χ1n) is 5.84. The summed E-state index contributed by atoms with van der Waals surface area (Å²) in [7, 11) is 1.63. The zero-order chi connectivity index (χ0) is 11.4. The van der Waals surface area contributed by atoms with Gasteiger partial charge in [0.15, 0.2) is 5.79 Å². The summed E-state index contributed by atoms with van der Waals surface area (Å²) in [4.78, 5) is 10.8. The van der Waals surface area contributed by atoms with Crippen LogP contribution in [0.1, 0.15) is 32.1 Å². The zero-order valence-corrected chi connectivity index (χ0v) is 9.65. The molecule has 1 atom stereocenters. The van der Waals surface area contributed by atoms with E-state index in [0.717, 1.165) is 24.7 Å². The molecule has 0 amide bonds. The summed E-state index contributed by atoms with van der Waals surface area (Å²) in [6.45, 7) is 0. The predicted octanol–water partition coefficient (Wildman–Crippen LogP) is 2.37. The number of rotatable bonds is 4. The SMILES string of the molecule is COC1(OC2CCCC2)C=CC=C(C=O)C1. The van der Waals surface area contributed by atoms with Crippen LogP contribution in [0.3, 0.4) is 0 Å². The largest absolute Gasteiger partial charge is 0.349 e. The van der Waals surface area contributed by atoms with E-state index in [-0.39, 0.29) is 6.10 Å². The number of carbonyl (C=O) groups is 1. The predicted molar refractivity (Wildman–Crippen MR) is 61.0 cm³/mol. The molecule has 2 rings (SSSR count). The number of hydrogen-bond acceptors (Lipinski definition) is 3.